The number of aryl methyl sites for hydroxylation is 3. The highest BCUT2D eigenvalue weighted by atomic mass is 16.5. The number of hydrogen-bond donors (Lipinski definition) is 0. The van der Waals surface area contributed by atoms with E-state index in [0.29, 0.717) is 18.3 Å². The lowest BCUT2D eigenvalue weighted by Gasteiger charge is -2.12. The van der Waals surface area contributed by atoms with Gasteiger partial charge in [-0.2, -0.15) is 4.98 Å². The van der Waals surface area contributed by atoms with Crippen molar-refractivity contribution in [2.75, 3.05) is 6.61 Å². The van der Waals surface area contributed by atoms with Crippen molar-refractivity contribution in [1.29, 1.82) is 0 Å². The zero-order chi connectivity index (χ0) is 14.5. The Kier molecular flexibility index (Phi) is 4.41. The highest BCUT2D eigenvalue weighted by molar-refractivity contribution is 5.60. The van der Waals surface area contributed by atoms with Crippen LogP contribution in [0.25, 0.3) is 11.5 Å². The van der Waals surface area contributed by atoms with Gasteiger partial charge in [-0.15, -0.1) is 12.3 Å². The molecule has 0 aliphatic heterocycles. The first-order valence-corrected chi connectivity index (χ1v) is 6.60. The van der Waals surface area contributed by atoms with Gasteiger partial charge in [0, 0.05) is 12.0 Å². The lowest BCUT2D eigenvalue weighted by atomic mass is 10.1. The molecule has 104 valence electrons. The normalized spacial score (nSPS) is 10.3. The van der Waals surface area contributed by atoms with Crippen LogP contribution in [0.1, 0.15) is 29.8 Å². The van der Waals surface area contributed by atoms with E-state index in [4.69, 9.17) is 15.7 Å². The highest BCUT2D eigenvalue weighted by Gasteiger charge is 2.11. The standard InChI is InChI=1S/C16H18N2O2/c1-5-6-7-8-19-15-11(2)9-14(10-12(15)3)16-17-13(4)18-20-16/h1,9-10H,6-8H2,2-4H3. The molecule has 0 amide bonds. The van der Waals surface area contributed by atoms with Crippen LogP contribution in [0.15, 0.2) is 16.7 Å². The monoisotopic (exact) mass is 270 g/mol. The zero-order valence-corrected chi connectivity index (χ0v) is 12.1. The molecule has 0 saturated heterocycles. The van der Waals surface area contributed by atoms with Gasteiger partial charge < -0.3 is 9.26 Å². The molecule has 2 rings (SSSR count). The molecule has 0 saturated carbocycles. The van der Waals surface area contributed by atoms with Crippen molar-refractivity contribution in [3.63, 3.8) is 0 Å². The molecular formula is C16H18N2O2. The number of benzene rings is 1. The quantitative estimate of drug-likeness (QED) is 0.616. The molecule has 1 aromatic carbocycles. The second-order valence-electron chi connectivity index (χ2n) is 4.74. The number of aromatic nitrogens is 2. The van der Waals surface area contributed by atoms with Gasteiger partial charge in [-0.05, 0) is 50.5 Å². The van der Waals surface area contributed by atoms with Crippen LogP contribution in [0.2, 0.25) is 0 Å². The Bertz CT molecular complexity index is 615. The van der Waals surface area contributed by atoms with E-state index in [1.807, 2.05) is 26.0 Å². The SMILES string of the molecule is C#CCCCOc1c(C)cc(-c2nc(C)no2)cc1C. The van der Waals surface area contributed by atoms with Crippen LogP contribution < -0.4 is 4.74 Å². The summed E-state index contributed by atoms with van der Waals surface area (Å²) in [5.74, 6) is 4.68. The van der Waals surface area contributed by atoms with Gasteiger partial charge in [-0.25, -0.2) is 0 Å². The first kappa shape index (κ1) is 14.1. The molecule has 0 spiro atoms. The maximum atomic E-state index is 5.80. The Balaban J connectivity index is 2.18. The topological polar surface area (TPSA) is 48.2 Å². The first-order chi connectivity index (χ1) is 9.61. The van der Waals surface area contributed by atoms with Crippen LogP contribution in [0.4, 0.5) is 0 Å². The van der Waals surface area contributed by atoms with Gasteiger partial charge in [-0.3, -0.25) is 0 Å². The summed E-state index contributed by atoms with van der Waals surface area (Å²) in [6.07, 6.45) is 6.82. The Morgan fingerprint density at radius 2 is 1.95 bits per heavy atom. The average molecular weight is 270 g/mol. The van der Waals surface area contributed by atoms with E-state index < -0.39 is 0 Å². The van der Waals surface area contributed by atoms with Crippen molar-refractivity contribution in [2.45, 2.75) is 33.6 Å². The Morgan fingerprint density at radius 3 is 2.50 bits per heavy atom. The summed E-state index contributed by atoms with van der Waals surface area (Å²) < 4.78 is 11.0. The van der Waals surface area contributed by atoms with E-state index in [2.05, 4.69) is 16.1 Å². The number of unbranched alkanes of at least 4 members (excludes halogenated alkanes) is 1. The molecule has 0 atom stereocenters. The molecule has 0 N–H and O–H groups in total. The molecule has 0 radical (unpaired) electrons. The fourth-order valence-electron chi connectivity index (χ4n) is 2.06. The summed E-state index contributed by atoms with van der Waals surface area (Å²) in [5.41, 5.74) is 3.02. The first-order valence-electron chi connectivity index (χ1n) is 6.60. The Morgan fingerprint density at radius 1 is 1.25 bits per heavy atom. The highest BCUT2D eigenvalue weighted by Crippen LogP contribution is 2.29. The van der Waals surface area contributed by atoms with Crippen LogP contribution in [0, 0.1) is 33.1 Å². The molecule has 0 fully saturated rings. The van der Waals surface area contributed by atoms with Crippen LogP contribution in [0.3, 0.4) is 0 Å². The van der Waals surface area contributed by atoms with Crippen molar-refractivity contribution in [1.82, 2.24) is 10.1 Å². The van der Waals surface area contributed by atoms with Crippen LogP contribution in [0.5, 0.6) is 5.75 Å². The van der Waals surface area contributed by atoms with E-state index in [1.54, 1.807) is 6.92 Å². The summed E-state index contributed by atoms with van der Waals surface area (Å²) >= 11 is 0. The van der Waals surface area contributed by atoms with Gasteiger partial charge in [0.25, 0.3) is 5.89 Å². The number of terminal acetylenes is 1. The lowest BCUT2D eigenvalue weighted by molar-refractivity contribution is 0.309. The number of hydrogen-bond acceptors (Lipinski definition) is 4. The summed E-state index contributed by atoms with van der Waals surface area (Å²) in [6, 6.07) is 3.99. The van der Waals surface area contributed by atoms with E-state index in [-0.39, 0.29) is 0 Å². The molecule has 0 aliphatic rings. The molecule has 20 heavy (non-hydrogen) atoms. The van der Waals surface area contributed by atoms with Crippen molar-refractivity contribution < 1.29 is 9.26 Å². The molecular weight excluding hydrogens is 252 g/mol. The van der Waals surface area contributed by atoms with Gasteiger partial charge >= 0.3 is 0 Å². The molecule has 1 aromatic heterocycles. The molecule has 4 nitrogen and oxygen atoms in total. The maximum absolute atomic E-state index is 5.80. The molecule has 0 unspecified atom stereocenters. The van der Waals surface area contributed by atoms with E-state index in [1.165, 1.54) is 0 Å². The summed E-state index contributed by atoms with van der Waals surface area (Å²) in [5, 5.41) is 3.81. The third kappa shape index (κ3) is 3.18. The van der Waals surface area contributed by atoms with Gasteiger partial charge in [0.2, 0.25) is 0 Å². The van der Waals surface area contributed by atoms with E-state index >= 15 is 0 Å². The van der Waals surface area contributed by atoms with E-state index in [9.17, 15) is 0 Å². The van der Waals surface area contributed by atoms with Gasteiger partial charge in [-0.1, -0.05) is 5.16 Å². The maximum Gasteiger partial charge on any atom is 0.257 e. The van der Waals surface area contributed by atoms with Gasteiger partial charge in [0.15, 0.2) is 5.82 Å². The van der Waals surface area contributed by atoms with Crippen LogP contribution in [-0.4, -0.2) is 16.7 Å². The van der Waals surface area contributed by atoms with Crippen molar-refractivity contribution in [3.8, 4) is 29.5 Å². The summed E-state index contributed by atoms with van der Waals surface area (Å²) in [7, 11) is 0. The molecule has 2 aromatic rings. The third-order valence-corrected chi connectivity index (χ3v) is 2.95. The smallest absolute Gasteiger partial charge is 0.257 e. The second-order valence-corrected chi connectivity index (χ2v) is 4.74. The third-order valence-electron chi connectivity index (χ3n) is 2.95. The molecule has 0 aliphatic carbocycles. The minimum absolute atomic E-state index is 0.535. The predicted octanol–water partition coefficient (Wildman–Crippen LogP) is 3.45. The molecule has 0 bridgehead atoms. The molecule has 1 heterocycles. The average Bonchev–Trinajstić information content (AvgIpc) is 2.83. The number of ether oxygens (including phenoxy) is 1. The number of rotatable bonds is 5. The lowest BCUT2D eigenvalue weighted by Crippen LogP contribution is -2.00. The fraction of sp³-hybridized carbons (Fsp3) is 0.375. The zero-order valence-electron chi connectivity index (χ0n) is 12.1. The minimum Gasteiger partial charge on any atom is -0.493 e. The van der Waals surface area contributed by atoms with Crippen molar-refractivity contribution in [3.05, 3.63) is 29.1 Å². The van der Waals surface area contributed by atoms with Gasteiger partial charge in [0.05, 0.1) is 6.61 Å². The second kappa shape index (κ2) is 6.25. The summed E-state index contributed by atoms with van der Waals surface area (Å²) in [6.45, 7) is 6.45. The van der Waals surface area contributed by atoms with Crippen molar-refractivity contribution in [2.24, 2.45) is 0 Å². The minimum atomic E-state index is 0.535. The number of nitrogens with zero attached hydrogens (tertiary/aromatic N) is 2. The largest absolute Gasteiger partial charge is 0.493 e. The predicted molar refractivity (Wildman–Crippen MR) is 77.5 cm³/mol. The van der Waals surface area contributed by atoms with Crippen LogP contribution >= 0.6 is 0 Å². The Labute approximate surface area is 119 Å². The van der Waals surface area contributed by atoms with Gasteiger partial charge in [0.1, 0.15) is 5.75 Å². The van der Waals surface area contributed by atoms with Crippen molar-refractivity contribution >= 4 is 0 Å². The fourth-order valence-corrected chi connectivity index (χ4v) is 2.06. The van der Waals surface area contributed by atoms with E-state index in [0.717, 1.165) is 35.3 Å². The van der Waals surface area contributed by atoms with Crippen LogP contribution in [-0.2, 0) is 0 Å². The Hall–Kier alpha value is -2.28. The summed E-state index contributed by atoms with van der Waals surface area (Å²) in [4.78, 5) is 4.24. The molecule has 4 heteroatoms.